The number of urea groups is 1. The highest BCUT2D eigenvalue weighted by molar-refractivity contribution is 6.01. The zero-order chi connectivity index (χ0) is 14.9. The van der Waals surface area contributed by atoms with Crippen LogP contribution < -0.4 is 10.6 Å². The predicted molar refractivity (Wildman–Crippen MR) is 63.5 cm³/mol. The smallest absolute Gasteiger partial charge is 0.326 e. The Morgan fingerprint density at radius 1 is 1.35 bits per heavy atom. The van der Waals surface area contributed by atoms with Crippen molar-refractivity contribution in [2.45, 2.75) is 37.5 Å². The first-order valence-electron chi connectivity index (χ1n) is 6.20. The summed E-state index contributed by atoms with van der Waals surface area (Å²) < 4.78 is 0. The Morgan fingerprint density at radius 2 is 2.05 bits per heavy atom. The Kier molecular flexibility index (Phi) is 3.89. The van der Waals surface area contributed by atoms with E-state index in [4.69, 9.17) is 5.11 Å². The highest BCUT2D eigenvalue weighted by atomic mass is 16.4. The Labute approximate surface area is 113 Å². The third-order valence-electron chi connectivity index (χ3n) is 3.36. The van der Waals surface area contributed by atoms with Crippen LogP contribution in [0.15, 0.2) is 0 Å². The van der Waals surface area contributed by atoms with Crippen molar-refractivity contribution in [3.63, 3.8) is 0 Å². The van der Waals surface area contributed by atoms with Gasteiger partial charge >= 0.3 is 12.0 Å². The van der Waals surface area contributed by atoms with Crippen LogP contribution in [-0.2, 0) is 14.4 Å². The molecule has 0 aromatic carbocycles. The molecule has 2 saturated heterocycles. The fourth-order valence-corrected chi connectivity index (χ4v) is 2.34. The largest absolute Gasteiger partial charge is 0.480 e. The molecule has 3 atom stereocenters. The first-order chi connectivity index (χ1) is 9.38. The molecule has 0 spiro atoms. The number of amides is 4. The van der Waals surface area contributed by atoms with Gasteiger partial charge in [-0.1, -0.05) is 0 Å². The second kappa shape index (κ2) is 5.45. The van der Waals surface area contributed by atoms with E-state index in [1.54, 1.807) is 0 Å². The van der Waals surface area contributed by atoms with Gasteiger partial charge in [0, 0.05) is 19.4 Å². The molecule has 0 saturated carbocycles. The average Bonchev–Trinajstić information content (AvgIpc) is 2.75. The van der Waals surface area contributed by atoms with Gasteiger partial charge in [0.05, 0.1) is 6.10 Å². The molecule has 110 valence electrons. The van der Waals surface area contributed by atoms with Gasteiger partial charge in [-0.25, -0.2) is 9.59 Å². The number of nitrogens with one attached hydrogen (secondary N) is 2. The van der Waals surface area contributed by atoms with Crippen LogP contribution >= 0.6 is 0 Å². The molecule has 2 heterocycles. The minimum Gasteiger partial charge on any atom is -0.480 e. The van der Waals surface area contributed by atoms with Gasteiger partial charge in [-0.2, -0.15) is 0 Å². The normalized spacial score (nSPS) is 30.1. The maximum absolute atomic E-state index is 12.0. The minimum atomic E-state index is -1.21. The number of hydrogen-bond acceptors (Lipinski definition) is 5. The lowest BCUT2D eigenvalue weighted by atomic mass is 10.1. The molecule has 2 aliphatic rings. The zero-order valence-corrected chi connectivity index (χ0v) is 10.5. The van der Waals surface area contributed by atoms with Crippen LogP contribution in [0.4, 0.5) is 4.79 Å². The van der Waals surface area contributed by atoms with Gasteiger partial charge in [0.25, 0.3) is 0 Å². The maximum Gasteiger partial charge on any atom is 0.326 e. The predicted octanol–water partition coefficient (Wildman–Crippen LogP) is -1.98. The summed E-state index contributed by atoms with van der Waals surface area (Å²) in [4.78, 5) is 46.4. The van der Waals surface area contributed by atoms with E-state index >= 15 is 0 Å². The molecule has 4 N–H and O–H groups in total. The van der Waals surface area contributed by atoms with E-state index in [0.29, 0.717) is 0 Å². The molecule has 1 unspecified atom stereocenters. The van der Waals surface area contributed by atoms with Gasteiger partial charge in [-0.3, -0.25) is 14.9 Å². The number of carbonyl (C=O) groups excluding carboxylic acids is 3. The SMILES string of the molecule is O=C1CCC(NC(=O)N2C[C@@H](O)C[C@H]2C(=O)O)C(=O)N1. The number of carbonyl (C=O) groups is 4. The molecular formula is C11H15N3O6. The van der Waals surface area contributed by atoms with Crippen LogP contribution in [0.3, 0.4) is 0 Å². The van der Waals surface area contributed by atoms with Crippen molar-refractivity contribution in [3.05, 3.63) is 0 Å². The Bertz CT molecular complexity index is 465. The van der Waals surface area contributed by atoms with Crippen LogP contribution in [-0.4, -0.2) is 63.7 Å². The van der Waals surface area contributed by atoms with Crippen molar-refractivity contribution < 1.29 is 29.4 Å². The number of carboxylic acid groups (broad SMARTS) is 1. The summed E-state index contributed by atoms with van der Waals surface area (Å²) in [5, 5.41) is 22.9. The number of aliphatic hydroxyl groups excluding tert-OH is 1. The summed E-state index contributed by atoms with van der Waals surface area (Å²) in [6, 6.07) is -2.71. The van der Waals surface area contributed by atoms with Crippen molar-refractivity contribution in [3.8, 4) is 0 Å². The number of rotatable bonds is 2. The topological polar surface area (TPSA) is 136 Å². The van der Waals surface area contributed by atoms with Crippen LogP contribution in [0.2, 0.25) is 0 Å². The first kappa shape index (κ1) is 14.3. The quantitative estimate of drug-likeness (QED) is 0.434. The fourth-order valence-electron chi connectivity index (χ4n) is 2.34. The number of carboxylic acids is 1. The number of imide groups is 1. The van der Waals surface area contributed by atoms with Crippen LogP contribution in [0.25, 0.3) is 0 Å². The van der Waals surface area contributed by atoms with Crippen LogP contribution in [0.1, 0.15) is 19.3 Å². The van der Waals surface area contributed by atoms with E-state index in [1.807, 2.05) is 0 Å². The lowest BCUT2D eigenvalue weighted by molar-refractivity contribution is -0.141. The second-order valence-electron chi connectivity index (χ2n) is 4.85. The number of hydrogen-bond donors (Lipinski definition) is 4. The summed E-state index contributed by atoms with van der Waals surface area (Å²) in [5.74, 6) is -2.22. The number of likely N-dealkylation sites (tertiary alicyclic amines) is 1. The first-order valence-corrected chi connectivity index (χ1v) is 6.20. The molecule has 20 heavy (non-hydrogen) atoms. The number of aliphatic carboxylic acids is 1. The van der Waals surface area contributed by atoms with Gasteiger partial charge in [-0.05, 0) is 6.42 Å². The van der Waals surface area contributed by atoms with E-state index in [1.165, 1.54) is 0 Å². The average molecular weight is 285 g/mol. The van der Waals surface area contributed by atoms with Crippen molar-refractivity contribution >= 4 is 23.8 Å². The summed E-state index contributed by atoms with van der Waals surface area (Å²) in [7, 11) is 0. The Hall–Kier alpha value is -2.16. The van der Waals surface area contributed by atoms with E-state index in [9.17, 15) is 24.3 Å². The monoisotopic (exact) mass is 285 g/mol. The van der Waals surface area contributed by atoms with E-state index in [-0.39, 0.29) is 25.8 Å². The van der Waals surface area contributed by atoms with Gasteiger partial charge in [0.2, 0.25) is 11.8 Å². The number of piperidine rings is 1. The summed E-state index contributed by atoms with van der Waals surface area (Å²) >= 11 is 0. The Morgan fingerprint density at radius 3 is 2.65 bits per heavy atom. The van der Waals surface area contributed by atoms with Crippen molar-refractivity contribution in [1.29, 1.82) is 0 Å². The third kappa shape index (κ3) is 2.87. The summed E-state index contributed by atoms with van der Waals surface area (Å²) in [5.41, 5.74) is 0. The lowest BCUT2D eigenvalue weighted by Gasteiger charge is -2.26. The van der Waals surface area contributed by atoms with Gasteiger partial charge in [0.15, 0.2) is 0 Å². The number of aliphatic hydroxyl groups is 1. The molecule has 9 nitrogen and oxygen atoms in total. The summed E-state index contributed by atoms with van der Waals surface area (Å²) in [6.45, 7) is -0.101. The standard InChI is InChI=1S/C11H15N3O6/c15-5-3-7(10(18)19)14(4-5)11(20)12-6-1-2-8(16)13-9(6)17/h5-7,15H,1-4H2,(H,12,20)(H,18,19)(H,13,16,17)/t5-,6?,7-/m0/s1. The number of β-amino-alcohol motifs (C(OH)–C–C–N with tert-alkyl or cyclic N) is 1. The van der Waals surface area contributed by atoms with Crippen LogP contribution in [0, 0.1) is 0 Å². The molecule has 4 amide bonds. The molecule has 0 aromatic rings. The molecule has 2 aliphatic heterocycles. The molecule has 9 heteroatoms. The fraction of sp³-hybridized carbons (Fsp3) is 0.636. The van der Waals surface area contributed by atoms with E-state index in [2.05, 4.69) is 10.6 Å². The van der Waals surface area contributed by atoms with E-state index in [0.717, 1.165) is 4.90 Å². The highest BCUT2D eigenvalue weighted by Crippen LogP contribution is 2.18. The van der Waals surface area contributed by atoms with Gasteiger partial charge in [-0.15, -0.1) is 0 Å². The van der Waals surface area contributed by atoms with Crippen molar-refractivity contribution in [1.82, 2.24) is 15.5 Å². The zero-order valence-electron chi connectivity index (χ0n) is 10.5. The molecular weight excluding hydrogens is 270 g/mol. The summed E-state index contributed by atoms with van der Waals surface area (Å²) in [6.07, 6.45) is -0.659. The lowest BCUT2D eigenvalue weighted by Crippen LogP contribution is -2.56. The maximum atomic E-state index is 12.0. The molecule has 0 bridgehead atoms. The highest BCUT2D eigenvalue weighted by Gasteiger charge is 2.40. The molecule has 2 rings (SSSR count). The third-order valence-corrected chi connectivity index (χ3v) is 3.36. The molecule has 0 aromatic heterocycles. The molecule has 0 radical (unpaired) electrons. The van der Waals surface area contributed by atoms with Crippen LogP contribution in [0.5, 0.6) is 0 Å². The van der Waals surface area contributed by atoms with Crippen molar-refractivity contribution in [2.24, 2.45) is 0 Å². The second-order valence-corrected chi connectivity index (χ2v) is 4.85. The van der Waals surface area contributed by atoms with E-state index < -0.39 is 42.0 Å². The molecule has 2 fully saturated rings. The van der Waals surface area contributed by atoms with Gasteiger partial charge in [0.1, 0.15) is 12.1 Å². The molecule has 0 aliphatic carbocycles. The number of nitrogens with zero attached hydrogens (tertiary/aromatic N) is 1. The minimum absolute atomic E-state index is 0.0435. The van der Waals surface area contributed by atoms with Gasteiger partial charge < -0.3 is 20.4 Å². The van der Waals surface area contributed by atoms with Crippen molar-refractivity contribution in [2.75, 3.05) is 6.54 Å². The Balaban J connectivity index is 1.99.